The SMILES string of the molecule is CC[C@@H](C)NC(=O)/C(C#N)=C/c1cccc(Br)c1. The summed E-state index contributed by atoms with van der Waals surface area (Å²) in [5, 5.41) is 11.8. The summed E-state index contributed by atoms with van der Waals surface area (Å²) in [4.78, 5) is 11.8. The summed E-state index contributed by atoms with van der Waals surface area (Å²) in [5.41, 5.74) is 0.939. The zero-order chi connectivity index (χ0) is 13.5. The van der Waals surface area contributed by atoms with Gasteiger partial charge < -0.3 is 5.32 Å². The Morgan fingerprint density at radius 3 is 2.89 bits per heavy atom. The van der Waals surface area contributed by atoms with Crippen molar-refractivity contribution in [3.63, 3.8) is 0 Å². The van der Waals surface area contributed by atoms with Gasteiger partial charge in [0.25, 0.3) is 5.91 Å². The Kier molecular flexibility index (Phi) is 5.60. The van der Waals surface area contributed by atoms with E-state index in [1.54, 1.807) is 6.08 Å². The minimum Gasteiger partial charge on any atom is -0.349 e. The molecule has 0 aliphatic heterocycles. The predicted octanol–water partition coefficient (Wildman–Crippen LogP) is 3.27. The van der Waals surface area contributed by atoms with Gasteiger partial charge in [-0.25, -0.2) is 0 Å². The number of benzene rings is 1. The molecule has 3 nitrogen and oxygen atoms in total. The molecule has 0 spiro atoms. The summed E-state index contributed by atoms with van der Waals surface area (Å²) in [6.07, 6.45) is 2.42. The number of nitrogens with one attached hydrogen (secondary N) is 1. The van der Waals surface area contributed by atoms with Crippen molar-refractivity contribution < 1.29 is 4.79 Å². The van der Waals surface area contributed by atoms with Crippen molar-refractivity contribution in [2.24, 2.45) is 0 Å². The van der Waals surface area contributed by atoms with Crippen LogP contribution in [0.25, 0.3) is 6.08 Å². The van der Waals surface area contributed by atoms with E-state index < -0.39 is 0 Å². The molecular weight excluding hydrogens is 292 g/mol. The Hall–Kier alpha value is -1.60. The molecule has 0 aliphatic rings. The predicted molar refractivity (Wildman–Crippen MR) is 75.6 cm³/mol. The second-order valence-electron chi connectivity index (χ2n) is 4.01. The second-order valence-corrected chi connectivity index (χ2v) is 4.92. The molecule has 0 heterocycles. The molecule has 1 atom stereocenters. The van der Waals surface area contributed by atoms with Crippen LogP contribution in [0.2, 0.25) is 0 Å². The maximum atomic E-state index is 11.8. The highest BCUT2D eigenvalue weighted by atomic mass is 79.9. The van der Waals surface area contributed by atoms with Crippen molar-refractivity contribution in [2.75, 3.05) is 0 Å². The zero-order valence-electron chi connectivity index (χ0n) is 10.4. The topological polar surface area (TPSA) is 52.9 Å². The summed E-state index contributed by atoms with van der Waals surface area (Å²) in [5.74, 6) is -0.327. The van der Waals surface area contributed by atoms with Crippen molar-refractivity contribution in [3.05, 3.63) is 39.9 Å². The average Bonchev–Trinajstić information content (AvgIpc) is 2.35. The molecule has 18 heavy (non-hydrogen) atoms. The highest BCUT2D eigenvalue weighted by Crippen LogP contribution is 2.14. The van der Waals surface area contributed by atoms with Crippen molar-refractivity contribution in [3.8, 4) is 6.07 Å². The van der Waals surface area contributed by atoms with Gasteiger partial charge in [-0.05, 0) is 37.1 Å². The highest BCUT2D eigenvalue weighted by molar-refractivity contribution is 9.10. The van der Waals surface area contributed by atoms with Crippen LogP contribution in [0.1, 0.15) is 25.8 Å². The van der Waals surface area contributed by atoms with Crippen LogP contribution in [-0.4, -0.2) is 11.9 Å². The van der Waals surface area contributed by atoms with Crippen molar-refractivity contribution >= 4 is 27.9 Å². The first-order valence-corrected chi connectivity index (χ1v) is 6.54. The third-order valence-electron chi connectivity index (χ3n) is 2.51. The number of hydrogen-bond donors (Lipinski definition) is 1. The van der Waals surface area contributed by atoms with E-state index in [4.69, 9.17) is 5.26 Å². The van der Waals surface area contributed by atoms with Gasteiger partial charge in [0.15, 0.2) is 0 Å². The van der Waals surface area contributed by atoms with Gasteiger partial charge in [0.1, 0.15) is 11.6 Å². The first-order valence-electron chi connectivity index (χ1n) is 5.75. The second kappa shape index (κ2) is 6.97. The monoisotopic (exact) mass is 306 g/mol. The zero-order valence-corrected chi connectivity index (χ0v) is 12.0. The van der Waals surface area contributed by atoms with Crippen molar-refractivity contribution in [1.29, 1.82) is 5.26 Å². The Bertz CT molecular complexity index is 503. The lowest BCUT2D eigenvalue weighted by atomic mass is 10.1. The largest absolute Gasteiger partial charge is 0.349 e. The third-order valence-corrected chi connectivity index (χ3v) is 3.01. The molecule has 0 unspecified atom stereocenters. The van der Waals surface area contributed by atoms with Crippen LogP contribution in [-0.2, 0) is 4.79 Å². The van der Waals surface area contributed by atoms with Gasteiger partial charge in [-0.1, -0.05) is 35.0 Å². The van der Waals surface area contributed by atoms with Gasteiger partial charge in [0.05, 0.1) is 0 Å². The Morgan fingerprint density at radius 1 is 1.61 bits per heavy atom. The highest BCUT2D eigenvalue weighted by Gasteiger charge is 2.11. The number of carbonyl (C=O) groups is 1. The lowest BCUT2D eigenvalue weighted by Gasteiger charge is -2.10. The van der Waals surface area contributed by atoms with E-state index in [1.807, 2.05) is 44.2 Å². The molecule has 0 fully saturated rings. The van der Waals surface area contributed by atoms with E-state index in [0.29, 0.717) is 0 Å². The molecule has 94 valence electrons. The normalized spacial score (nSPS) is 12.7. The number of nitriles is 1. The molecule has 1 N–H and O–H groups in total. The molecule has 0 radical (unpaired) electrons. The van der Waals surface area contributed by atoms with Gasteiger partial charge in [-0.2, -0.15) is 5.26 Å². The lowest BCUT2D eigenvalue weighted by Crippen LogP contribution is -2.32. The Balaban J connectivity index is 2.90. The number of hydrogen-bond acceptors (Lipinski definition) is 2. The van der Waals surface area contributed by atoms with Crippen LogP contribution in [0.3, 0.4) is 0 Å². The summed E-state index contributed by atoms with van der Waals surface area (Å²) in [7, 11) is 0. The Morgan fingerprint density at radius 2 is 2.33 bits per heavy atom. The quantitative estimate of drug-likeness (QED) is 0.685. The number of nitrogens with zero attached hydrogens (tertiary/aromatic N) is 1. The number of halogens is 1. The van der Waals surface area contributed by atoms with Crippen LogP contribution in [0.15, 0.2) is 34.3 Å². The fourth-order valence-corrected chi connectivity index (χ4v) is 1.73. The van der Waals surface area contributed by atoms with Gasteiger partial charge >= 0.3 is 0 Å². The maximum Gasteiger partial charge on any atom is 0.262 e. The summed E-state index contributed by atoms with van der Waals surface area (Å²) in [6, 6.07) is 9.45. The summed E-state index contributed by atoms with van der Waals surface area (Å²) >= 11 is 3.35. The minimum atomic E-state index is -0.327. The molecule has 1 rings (SSSR count). The molecular formula is C14H15BrN2O. The molecule has 4 heteroatoms. The fourth-order valence-electron chi connectivity index (χ4n) is 1.32. The molecule has 1 amide bonds. The first-order chi connectivity index (χ1) is 8.56. The first kappa shape index (κ1) is 14.5. The standard InChI is InChI=1S/C14H15BrN2O/c1-3-10(2)17-14(18)12(9-16)7-11-5-4-6-13(15)8-11/h4-8,10H,3H2,1-2H3,(H,17,18)/b12-7+/t10-/m1/s1. The fraction of sp³-hybridized carbons (Fsp3) is 0.286. The number of carbonyl (C=O) groups excluding carboxylic acids is 1. The number of rotatable bonds is 4. The van der Waals surface area contributed by atoms with Gasteiger partial charge in [-0.3, -0.25) is 4.79 Å². The summed E-state index contributed by atoms with van der Waals surface area (Å²) < 4.78 is 0.913. The van der Waals surface area contributed by atoms with E-state index >= 15 is 0 Å². The molecule has 0 saturated carbocycles. The number of amides is 1. The van der Waals surface area contributed by atoms with Crippen LogP contribution in [0.4, 0.5) is 0 Å². The average molecular weight is 307 g/mol. The maximum absolute atomic E-state index is 11.8. The summed E-state index contributed by atoms with van der Waals surface area (Å²) in [6.45, 7) is 3.89. The third kappa shape index (κ3) is 4.34. The van der Waals surface area contributed by atoms with E-state index in [1.165, 1.54) is 0 Å². The van der Waals surface area contributed by atoms with Crippen LogP contribution in [0, 0.1) is 11.3 Å². The smallest absolute Gasteiger partial charge is 0.262 e. The van der Waals surface area contributed by atoms with Crippen molar-refractivity contribution in [2.45, 2.75) is 26.3 Å². The van der Waals surface area contributed by atoms with Crippen LogP contribution >= 0.6 is 15.9 Å². The van der Waals surface area contributed by atoms with Gasteiger partial charge in [0, 0.05) is 10.5 Å². The van der Waals surface area contributed by atoms with Gasteiger partial charge in [0.2, 0.25) is 0 Å². The van der Waals surface area contributed by atoms with Crippen molar-refractivity contribution in [1.82, 2.24) is 5.32 Å². The van der Waals surface area contributed by atoms with E-state index in [2.05, 4.69) is 21.2 Å². The molecule has 1 aromatic rings. The molecule has 0 saturated heterocycles. The Labute approximate surface area is 116 Å². The minimum absolute atomic E-state index is 0.0664. The van der Waals surface area contributed by atoms with Crippen LogP contribution < -0.4 is 5.32 Å². The van der Waals surface area contributed by atoms with E-state index in [0.717, 1.165) is 16.5 Å². The lowest BCUT2D eigenvalue weighted by molar-refractivity contribution is -0.117. The molecule has 0 aromatic heterocycles. The van der Waals surface area contributed by atoms with E-state index in [-0.39, 0.29) is 17.5 Å². The van der Waals surface area contributed by atoms with Crippen LogP contribution in [0.5, 0.6) is 0 Å². The molecule has 0 aliphatic carbocycles. The van der Waals surface area contributed by atoms with Gasteiger partial charge in [-0.15, -0.1) is 0 Å². The molecule has 0 bridgehead atoms. The van der Waals surface area contributed by atoms with E-state index in [9.17, 15) is 4.79 Å². The molecule has 1 aromatic carbocycles.